The van der Waals surface area contributed by atoms with Crippen LogP contribution in [-0.4, -0.2) is 13.3 Å². The molecule has 0 bridgehead atoms. The van der Waals surface area contributed by atoms with Gasteiger partial charge in [-0.05, 0) is 5.56 Å². The molecule has 1 heteroatoms. The van der Waals surface area contributed by atoms with Crippen molar-refractivity contribution in [1.29, 1.82) is 0 Å². The Bertz CT molecular complexity index is 189. The predicted octanol–water partition coefficient (Wildman–Crippen LogP) is 2.76. The van der Waals surface area contributed by atoms with Crippen molar-refractivity contribution >= 4 is 6.21 Å². The highest BCUT2D eigenvalue weighted by Gasteiger charge is 1.78. The molecule has 1 aromatic rings. The molecule has 0 aliphatic rings. The Morgan fingerprint density at radius 3 is 2.09 bits per heavy atom. The predicted molar refractivity (Wildman–Crippen MR) is 51.3 cm³/mol. The molecule has 0 aromatic heterocycles. The number of rotatable bonds is 1. The van der Waals surface area contributed by atoms with Crippen molar-refractivity contribution in [2.75, 3.05) is 7.05 Å². The van der Waals surface area contributed by atoms with E-state index in [1.54, 1.807) is 7.05 Å². The molecule has 1 nitrogen and oxygen atoms in total. The van der Waals surface area contributed by atoms with Crippen molar-refractivity contribution < 1.29 is 0 Å². The third kappa shape index (κ3) is 4.31. The van der Waals surface area contributed by atoms with Gasteiger partial charge in [0.2, 0.25) is 0 Å². The van der Waals surface area contributed by atoms with Gasteiger partial charge in [0, 0.05) is 13.3 Å². The van der Waals surface area contributed by atoms with Crippen molar-refractivity contribution in [2.45, 2.75) is 13.8 Å². The molecule has 0 heterocycles. The molecule has 0 aliphatic heterocycles. The minimum Gasteiger partial charge on any atom is -0.296 e. The summed E-state index contributed by atoms with van der Waals surface area (Å²) in [5.41, 5.74) is 1.15. The smallest absolute Gasteiger partial charge is 0.0281 e. The normalized spacial score (nSPS) is 9.00. The number of aliphatic imine (C=N–C) groups is 1. The second-order valence-electron chi connectivity index (χ2n) is 1.80. The van der Waals surface area contributed by atoms with E-state index in [-0.39, 0.29) is 0 Å². The standard InChI is InChI=1S/C8H9N.C2H6/c1-9-7-8-5-3-2-4-6-8;1-2/h2-7H,1H3;1-2H3. The van der Waals surface area contributed by atoms with Crippen LogP contribution in [0.25, 0.3) is 0 Å². The molecule has 0 radical (unpaired) electrons. The van der Waals surface area contributed by atoms with Gasteiger partial charge in [-0.25, -0.2) is 0 Å². The highest BCUT2D eigenvalue weighted by atomic mass is 14.6. The zero-order valence-corrected chi connectivity index (χ0v) is 7.41. The summed E-state index contributed by atoms with van der Waals surface area (Å²) in [6, 6.07) is 10.0. The van der Waals surface area contributed by atoms with Crippen LogP contribution in [0.15, 0.2) is 35.3 Å². The molecule has 0 N–H and O–H groups in total. The lowest BCUT2D eigenvalue weighted by Gasteiger charge is -1.86. The first-order chi connectivity index (χ1) is 5.43. The maximum Gasteiger partial charge on any atom is 0.0281 e. The molecule has 0 amide bonds. The first-order valence-electron chi connectivity index (χ1n) is 3.90. The van der Waals surface area contributed by atoms with Gasteiger partial charge >= 0.3 is 0 Å². The van der Waals surface area contributed by atoms with Gasteiger partial charge in [-0.1, -0.05) is 44.2 Å². The van der Waals surface area contributed by atoms with Gasteiger partial charge < -0.3 is 0 Å². The largest absolute Gasteiger partial charge is 0.296 e. The first kappa shape index (κ1) is 9.89. The highest BCUT2D eigenvalue weighted by Crippen LogP contribution is 1.92. The lowest BCUT2D eigenvalue weighted by molar-refractivity contribution is 1.46. The number of hydrogen-bond donors (Lipinski definition) is 0. The van der Waals surface area contributed by atoms with E-state index in [0.29, 0.717) is 0 Å². The van der Waals surface area contributed by atoms with E-state index in [4.69, 9.17) is 0 Å². The third-order valence-corrected chi connectivity index (χ3v) is 1.08. The fourth-order valence-electron chi connectivity index (χ4n) is 0.688. The summed E-state index contributed by atoms with van der Waals surface area (Å²) >= 11 is 0. The van der Waals surface area contributed by atoms with Gasteiger partial charge in [-0.15, -0.1) is 0 Å². The summed E-state index contributed by atoms with van der Waals surface area (Å²) in [5.74, 6) is 0. The zero-order valence-electron chi connectivity index (χ0n) is 7.41. The van der Waals surface area contributed by atoms with Crippen LogP contribution in [0.3, 0.4) is 0 Å². The van der Waals surface area contributed by atoms with Gasteiger partial charge in [0.25, 0.3) is 0 Å². The number of hydrogen-bond acceptors (Lipinski definition) is 1. The van der Waals surface area contributed by atoms with E-state index >= 15 is 0 Å². The van der Waals surface area contributed by atoms with Gasteiger partial charge in [0.1, 0.15) is 0 Å². The molecular weight excluding hydrogens is 134 g/mol. The van der Waals surface area contributed by atoms with Crippen LogP contribution in [0.2, 0.25) is 0 Å². The molecule has 60 valence electrons. The van der Waals surface area contributed by atoms with Gasteiger partial charge in [0.05, 0.1) is 0 Å². The molecular formula is C10H15N. The van der Waals surface area contributed by atoms with Crippen molar-refractivity contribution in [1.82, 2.24) is 0 Å². The second-order valence-corrected chi connectivity index (χ2v) is 1.80. The fraction of sp³-hybridized carbons (Fsp3) is 0.300. The molecule has 1 aromatic carbocycles. The molecule has 0 saturated heterocycles. The highest BCUT2D eigenvalue weighted by molar-refractivity contribution is 5.79. The first-order valence-corrected chi connectivity index (χ1v) is 3.90. The lowest BCUT2D eigenvalue weighted by Crippen LogP contribution is -1.75. The van der Waals surface area contributed by atoms with Crippen LogP contribution in [0, 0.1) is 0 Å². The summed E-state index contributed by atoms with van der Waals surface area (Å²) in [6.07, 6.45) is 1.83. The molecule has 1 rings (SSSR count). The van der Waals surface area contributed by atoms with Crippen LogP contribution >= 0.6 is 0 Å². The third-order valence-electron chi connectivity index (χ3n) is 1.08. The summed E-state index contributed by atoms with van der Waals surface area (Å²) in [4.78, 5) is 3.88. The van der Waals surface area contributed by atoms with E-state index in [2.05, 4.69) is 4.99 Å². The maximum absolute atomic E-state index is 3.88. The number of benzene rings is 1. The Balaban J connectivity index is 0.000000461. The van der Waals surface area contributed by atoms with Gasteiger partial charge in [0.15, 0.2) is 0 Å². The minimum atomic E-state index is 1.15. The van der Waals surface area contributed by atoms with Crippen molar-refractivity contribution in [3.8, 4) is 0 Å². The summed E-state index contributed by atoms with van der Waals surface area (Å²) in [7, 11) is 1.77. The Labute approximate surface area is 68.8 Å². The molecule has 0 atom stereocenters. The molecule has 0 saturated carbocycles. The van der Waals surface area contributed by atoms with E-state index in [1.165, 1.54) is 0 Å². The van der Waals surface area contributed by atoms with Crippen molar-refractivity contribution in [2.24, 2.45) is 4.99 Å². The summed E-state index contributed by atoms with van der Waals surface area (Å²) in [5, 5.41) is 0. The average Bonchev–Trinajstić information content (AvgIpc) is 2.11. The Kier molecular flexibility index (Phi) is 6.30. The van der Waals surface area contributed by atoms with E-state index in [1.807, 2.05) is 50.4 Å². The monoisotopic (exact) mass is 149 g/mol. The Morgan fingerprint density at radius 1 is 1.09 bits per heavy atom. The van der Waals surface area contributed by atoms with Crippen LogP contribution < -0.4 is 0 Å². The van der Waals surface area contributed by atoms with E-state index in [9.17, 15) is 0 Å². The van der Waals surface area contributed by atoms with E-state index < -0.39 is 0 Å². The van der Waals surface area contributed by atoms with Crippen LogP contribution in [0.1, 0.15) is 19.4 Å². The maximum atomic E-state index is 3.88. The molecule has 0 fully saturated rings. The van der Waals surface area contributed by atoms with Crippen LogP contribution in [-0.2, 0) is 0 Å². The zero-order chi connectivity index (χ0) is 8.53. The van der Waals surface area contributed by atoms with Crippen molar-refractivity contribution in [3.63, 3.8) is 0 Å². The molecule has 0 unspecified atom stereocenters. The van der Waals surface area contributed by atoms with Gasteiger partial charge in [-0.2, -0.15) is 0 Å². The number of nitrogens with zero attached hydrogens (tertiary/aromatic N) is 1. The Morgan fingerprint density at radius 2 is 1.64 bits per heavy atom. The lowest BCUT2D eigenvalue weighted by atomic mass is 10.2. The van der Waals surface area contributed by atoms with Crippen LogP contribution in [0.4, 0.5) is 0 Å². The molecule has 0 aliphatic carbocycles. The summed E-state index contributed by atoms with van der Waals surface area (Å²) in [6.45, 7) is 4.00. The average molecular weight is 149 g/mol. The topological polar surface area (TPSA) is 12.4 Å². The minimum absolute atomic E-state index is 1.15. The summed E-state index contributed by atoms with van der Waals surface area (Å²) < 4.78 is 0. The quantitative estimate of drug-likeness (QED) is 0.544. The molecule has 0 spiro atoms. The van der Waals surface area contributed by atoms with Crippen molar-refractivity contribution in [3.05, 3.63) is 35.9 Å². The fourth-order valence-corrected chi connectivity index (χ4v) is 0.688. The van der Waals surface area contributed by atoms with Crippen LogP contribution in [0.5, 0.6) is 0 Å². The Hall–Kier alpha value is -1.11. The van der Waals surface area contributed by atoms with Gasteiger partial charge in [-0.3, -0.25) is 4.99 Å². The van der Waals surface area contributed by atoms with E-state index in [0.717, 1.165) is 5.56 Å². The molecule has 11 heavy (non-hydrogen) atoms. The second kappa shape index (κ2) is 7.00. The SMILES string of the molecule is CC.CN=Cc1ccccc1.